The highest BCUT2D eigenvalue weighted by Crippen LogP contribution is 2.43. The lowest BCUT2D eigenvalue weighted by atomic mass is 9.91. The maximum Gasteiger partial charge on any atom is 0.511 e. The van der Waals surface area contributed by atoms with Crippen LogP contribution >= 0.6 is 0 Å². The third kappa shape index (κ3) is 9.37. The first-order chi connectivity index (χ1) is 17.8. The average molecular weight is 515 g/mol. The van der Waals surface area contributed by atoms with E-state index in [1.807, 2.05) is 44.2 Å². The maximum absolute atomic E-state index is 11.7. The standard InChI is InChI=1S/C29H38O8/c1-7-10-11-12-22-16-25(34-18-36-28(30)32-8-2)27(24-15-21(6)13-14-23(24)20(4)5)26(17-22)35-19-37-29(31)33-9-3/h13-17H,4,7-12,18-19H2,1-3,5-6H3. The van der Waals surface area contributed by atoms with E-state index in [9.17, 15) is 9.59 Å². The Labute approximate surface area is 219 Å². The van der Waals surface area contributed by atoms with Crippen LogP contribution in [0, 0.1) is 6.92 Å². The van der Waals surface area contributed by atoms with Gasteiger partial charge in [0.05, 0.1) is 18.8 Å². The number of unbranched alkanes of at least 4 members (excludes halogenated alkanes) is 2. The number of allylic oxidation sites excluding steroid dienone is 1. The third-order valence-corrected chi connectivity index (χ3v) is 5.41. The molecular weight excluding hydrogens is 476 g/mol. The lowest BCUT2D eigenvalue weighted by Gasteiger charge is -2.21. The van der Waals surface area contributed by atoms with Gasteiger partial charge in [-0.15, -0.1) is 0 Å². The van der Waals surface area contributed by atoms with Crippen molar-refractivity contribution in [2.75, 3.05) is 26.8 Å². The van der Waals surface area contributed by atoms with Gasteiger partial charge < -0.3 is 28.4 Å². The van der Waals surface area contributed by atoms with E-state index in [-0.39, 0.29) is 26.8 Å². The molecule has 0 aliphatic heterocycles. The topological polar surface area (TPSA) is 89.5 Å². The van der Waals surface area contributed by atoms with E-state index < -0.39 is 12.3 Å². The molecule has 8 nitrogen and oxygen atoms in total. The lowest BCUT2D eigenvalue weighted by molar-refractivity contribution is 0.00564. The fraction of sp³-hybridized carbons (Fsp3) is 0.448. The second-order valence-corrected chi connectivity index (χ2v) is 8.43. The van der Waals surface area contributed by atoms with Crippen molar-refractivity contribution >= 4 is 17.9 Å². The van der Waals surface area contributed by atoms with Crippen LogP contribution in [0.3, 0.4) is 0 Å². The number of carbonyl (C=O) groups excluding carboxylic acids is 2. The summed E-state index contributed by atoms with van der Waals surface area (Å²) in [6.07, 6.45) is 2.29. The zero-order valence-corrected chi connectivity index (χ0v) is 22.5. The predicted octanol–water partition coefficient (Wildman–Crippen LogP) is 7.45. The molecule has 0 N–H and O–H groups in total. The second kappa shape index (κ2) is 15.4. The molecule has 2 aromatic rings. The highest BCUT2D eigenvalue weighted by atomic mass is 16.8. The number of aryl methyl sites for hydroxylation is 2. The van der Waals surface area contributed by atoms with E-state index in [1.54, 1.807) is 13.8 Å². The van der Waals surface area contributed by atoms with Crippen LogP contribution in [0.25, 0.3) is 16.7 Å². The van der Waals surface area contributed by atoms with Crippen molar-refractivity contribution in [3.8, 4) is 22.6 Å². The third-order valence-electron chi connectivity index (χ3n) is 5.41. The van der Waals surface area contributed by atoms with E-state index in [0.717, 1.165) is 53.5 Å². The van der Waals surface area contributed by atoms with Crippen molar-refractivity contribution in [3.05, 3.63) is 53.6 Å². The minimum atomic E-state index is -0.819. The smallest absolute Gasteiger partial charge is 0.456 e. The summed E-state index contributed by atoms with van der Waals surface area (Å²) < 4.78 is 31.7. The van der Waals surface area contributed by atoms with E-state index in [0.29, 0.717) is 17.1 Å². The molecule has 0 spiro atoms. The van der Waals surface area contributed by atoms with Gasteiger partial charge in [-0.05, 0) is 69.4 Å². The zero-order chi connectivity index (χ0) is 27.2. The molecule has 8 heteroatoms. The Morgan fingerprint density at radius 1 is 0.811 bits per heavy atom. The summed E-state index contributed by atoms with van der Waals surface area (Å²) in [5.74, 6) is 0.912. The normalized spacial score (nSPS) is 10.4. The van der Waals surface area contributed by atoms with Gasteiger partial charge in [0.25, 0.3) is 0 Å². The van der Waals surface area contributed by atoms with E-state index in [2.05, 4.69) is 13.5 Å². The van der Waals surface area contributed by atoms with Crippen molar-refractivity contribution in [1.82, 2.24) is 0 Å². The van der Waals surface area contributed by atoms with Gasteiger partial charge >= 0.3 is 12.3 Å². The monoisotopic (exact) mass is 514 g/mol. The first kappa shape index (κ1) is 29.5. The Morgan fingerprint density at radius 2 is 1.38 bits per heavy atom. The molecule has 0 fully saturated rings. The van der Waals surface area contributed by atoms with Gasteiger partial charge in [0.15, 0.2) is 0 Å². The Morgan fingerprint density at radius 3 is 1.86 bits per heavy atom. The summed E-state index contributed by atoms with van der Waals surface area (Å²) in [6, 6.07) is 9.84. The van der Waals surface area contributed by atoms with Crippen LogP contribution in [0.1, 0.15) is 63.6 Å². The second-order valence-electron chi connectivity index (χ2n) is 8.43. The molecule has 0 atom stereocenters. The zero-order valence-electron chi connectivity index (χ0n) is 22.5. The first-order valence-electron chi connectivity index (χ1n) is 12.6. The SMILES string of the molecule is C=C(C)c1ccc(C)cc1-c1c(OCOC(=O)OCC)cc(CCCCC)cc1OCOC(=O)OCC. The van der Waals surface area contributed by atoms with E-state index in [1.165, 1.54) is 0 Å². The molecule has 0 saturated heterocycles. The Hall–Kier alpha value is -3.68. The number of ether oxygens (including phenoxy) is 6. The Bertz CT molecular complexity index is 1010. The average Bonchev–Trinajstić information content (AvgIpc) is 2.84. The van der Waals surface area contributed by atoms with Gasteiger partial charge in [0.2, 0.25) is 13.6 Å². The molecule has 0 unspecified atom stereocenters. The summed E-state index contributed by atoms with van der Waals surface area (Å²) in [5.41, 5.74) is 5.19. The molecule has 2 rings (SSSR count). The van der Waals surface area contributed by atoms with Gasteiger partial charge in [-0.3, -0.25) is 0 Å². The van der Waals surface area contributed by atoms with E-state index >= 15 is 0 Å². The number of carbonyl (C=O) groups is 2. The van der Waals surface area contributed by atoms with Crippen LogP contribution in [-0.2, 0) is 25.4 Å². The van der Waals surface area contributed by atoms with Crippen molar-refractivity contribution in [2.45, 2.75) is 60.3 Å². The molecule has 0 bridgehead atoms. The number of rotatable bonds is 14. The fourth-order valence-electron chi connectivity index (χ4n) is 3.70. The molecule has 0 amide bonds. The fourth-order valence-corrected chi connectivity index (χ4v) is 3.70. The molecule has 0 saturated carbocycles. The van der Waals surface area contributed by atoms with Crippen LogP contribution in [0.15, 0.2) is 36.9 Å². The number of hydrogen-bond acceptors (Lipinski definition) is 8. The minimum absolute atomic E-state index is 0.195. The van der Waals surface area contributed by atoms with Crippen LogP contribution in [-0.4, -0.2) is 39.1 Å². The molecule has 0 aliphatic carbocycles. The highest BCUT2D eigenvalue weighted by molar-refractivity contribution is 5.87. The van der Waals surface area contributed by atoms with Gasteiger partial charge in [-0.2, -0.15) is 0 Å². The quantitative estimate of drug-likeness (QED) is 0.146. The van der Waals surface area contributed by atoms with Gasteiger partial charge in [0.1, 0.15) is 11.5 Å². The summed E-state index contributed by atoms with van der Waals surface area (Å²) in [7, 11) is 0. The molecule has 2 aromatic carbocycles. The van der Waals surface area contributed by atoms with Crippen molar-refractivity contribution in [1.29, 1.82) is 0 Å². The van der Waals surface area contributed by atoms with Crippen LogP contribution in [0.5, 0.6) is 11.5 Å². The Kier molecular flexibility index (Phi) is 12.3. The predicted molar refractivity (Wildman–Crippen MR) is 142 cm³/mol. The molecule has 0 radical (unpaired) electrons. The van der Waals surface area contributed by atoms with Crippen molar-refractivity contribution in [2.24, 2.45) is 0 Å². The van der Waals surface area contributed by atoms with Gasteiger partial charge in [0, 0.05) is 0 Å². The summed E-state index contributed by atoms with van der Waals surface area (Å²) in [4.78, 5) is 23.4. The highest BCUT2D eigenvalue weighted by Gasteiger charge is 2.20. The van der Waals surface area contributed by atoms with E-state index in [4.69, 9.17) is 28.4 Å². The van der Waals surface area contributed by atoms with Gasteiger partial charge in [-0.1, -0.05) is 55.7 Å². The largest absolute Gasteiger partial charge is 0.511 e. The molecule has 37 heavy (non-hydrogen) atoms. The first-order valence-corrected chi connectivity index (χ1v) is 12.6. The van der Waals surface area contributed by atoms with Crippen molar-refractivity contribution in [3.63, 3.8) is 0 Å². The molecule has 202 valence electrons. The lowest BCUT2D eigenvalue weighted by Crippen LogP contribution is -2.14. The summed E-state index contributed by atoms with van der Waals surface area (Å²) in [5, 5.41) is 0. The maximum atomic E-state index is 11.7. The van der Waals surface area contributed by atoms with Crippen LogP contribution in [0.4, 0.5) is 9.59 Å². The molecule has 0 aromatic heterocycles. The molecule has 0 heterocycles. The van der Waals surface area contributed by atoms with Gasteiger partial charge in [-0.25, -0.2) is 9.59 Å². The summed E-state index contributed by atoms with van der Waals surface area (Å²) in [6.45, 7) is 13.2. The Balaban J connectivity index is 2.57. The number of benzene rings is 2. The molecule has 0 aliphatic rings. The van der Waals surface area contributed by atoms with Crippen molar-refractivity contribution < 1.29 is 38.0 Å². The molecular formula is C29H38O8. The summed E-state index contributed by atoms with van der Waals surface area (Å²) >= 11 is 0. The number of hydrogen-bond donors (Lipinski definition) is 0. The van der Waals surface area contributed by atoms with Crippen LogP contribution in [0.2, 0.25) is 0 Å². The minimum Gasteiger partial charge on any atom is -0.456 e. The van der Waals surface area contributed by atoms with Crippen LogP contribution < -0.4 is 9.47 Å².